The molecule has 38 heavy (non-hydrogen) atoms. The maximum atomic E-state index is 13.8. The second-order valence-corrected chi connectivity index (χ2v) is 10.4. The van der Waals surface area contributed by atoms with E-state index in [0.29, 0.717) is 17.0 Å². The Morgan fingerprint density at radius 2 is 1.76 bits per heavy atom. The number of allylic oxidation sites excluding steroid dienone is 4. The summed E-state index contributed by atoms with van der Waals surface area (Å²) in [4.78, 5) is 29.3. The molecule has 196 valence electrons. The SMILES string of the molecule is COc1cc(F)ccc1-c1ccc(C(=O)NS(=O)(=O)C2=CC=CCC2=O)c(Oc2c(C)cc(C)cc2C)n1. The number of nitrogens with one attached hydrogen (secondary N) is 1. The molecule has 0 atom stereocenters. The Balaban J connectivity index is 1.81. The molecule has 2 aromatic carbocycles. The van der Waals surface area contributed by atoms with E-state index in [1.807, 2.05) is 37.6 Å². The Morgan fingerprint density at radius 3 is 2.42 bits per heavy atom. The topological polar surface area (TPSA) is 112 Å². The molecule has 1 aliphatic rings. The van der Waals surface area contributed by atoms with Gasteiger partial charge in [-0.15, -0.1) is 0 Å². The van der Waals surface area contributed by atoms with E-state index in [1.165, 1.54) is 49.6 Å². The number of pyridine rings is 1. The van der Waals surface area contributed by atoms with Crippen LogP contribution in [-0.4, -0.2) is 32.2 Å². The van der Waals surface area contributed by atoms with Crippen LogP contribution in [0.1, 0.15) is 33.5 Å². The van der Waals surface area contributed by atoms with Crippen molar-refractivity contribution in [3.8, 4) is 28.6 Å². The number of rotatable bonds is 7. The highest BCUT2D eigenvalue weighted by Gasteiger charge is 2.29. The fourth-order valence-electron chi connectivity index (χ4n) is 4.14. The van der Waals surface area contributed by atoms with Crippen molar-refractivity contribution < 1.29 is 31.9 Å². The van der Waals surface area contributed by atoms with Gasteiger partial charge in [0.2, 0.25) is 5.88 Å². The Hall–Kier alpha value is -4.31. The third kappa shape index (κ3) is 5.50. The lowest BCUT2D eigenvalue weighted by Crippen LogP contribution is -2.34. The van der Waals surface area contributed by atoms with Crippen molar-refractivity contribution in [3.05, 3.63) is 93.7 Å². The lowest BCUT2D eigenvalue weighted by Gasteiger charge is -2.17. The van der Waals surface area contributed by atoms with Crippen molar-refractivity contribution in [3.63, 3.8) is 0 Å². The fourth-order valence-corrected chi connectivity index (χ4v) is 5.24. The summed E-state index contributed by atoms with van der Waals surface area (Å²) in [6.07, 6.45) is 4.01. The maximum Gasteiger partial charge on any atom is 0.270 e. The third-order valence-electron chi connectivity index (χ3n) is 5.83. The number of sulfonamides is 1. The number of amides is 1. The fraction of sp³-hybridized carbons (Fsp3) is 0.179. The number of ketones is 1. The first kappa shape index (κ1) is 26.7. The van der Waals surface area contributed by atoms with Gasteiger partial charge in [0.1, 0.15) is 27.8 Å². The molecule has 1 aliphatic carbocycles. The summed E-state index contributed by atoms with van der Waals surface area (Å²) in [6.45, 7) is 5.60. The second kappa shape index (κ2) is 10.6. The zero-order valence-electron chi connectivity index (χ0n) is 21.2. The van der Waals surface area contributed by atoms with Crippen molar-refractivity contribution in [1.29, 1.82) is 0 Å². The molecule has 1 N–H and O–H groups in total. The van der Waals surface area contributed by atoms with E-state index in [0.717, 1.165) is 22.8 Å². The van der Waals surface area contributed by atoms with Gasteiger partial charge in [-0.05, 0) is 62.2 Å². The van der Waals surface area contributed by atoms with Crippen LogP contribution in [0.5, 0.6) is 17.4 Å². The van der Waals surface area contributed by atoms with Gasteiger partial charge >= 0.3 is 0 Å². The van der Waals surface area contributed by atoms with Gasteiger partial charge in [-0.1, -0.05) is 29.8 Å². The molecule has 0 saturated carbocycles. The molecular weight excluding hydrogens is 511 g/mol. The van der Waals surface area contributed by atoms with Gasteiger partial charge in [-0.3, -0.25) is 9.59 Å². The number of hydrogen-bond acceptors (Lipinski definition) is 7. The Kier molecular flexibility index (Phi) is 7.45. The highest BCUT2D eigenvalue weighted by molar-refractivity contribution is 7.95. The zero-order valence-corrected chi connectivity index (χ0v) is 22.0. The molecule has 4 rings (SSSR count). The average Bonchev–Trinajstić information content (AvgIpc) is 2.85. The summed E-state index contributed by atoms with van der Waals surface area (Å²) >= 11 is 0. The van der Waals surface area contributed by atoms with E-state index in [2.05, 4.69) is 4.98 Å². The Labute approximate surface area is 219 Å². The van der Waals surface area contributed by atoms with Crippen LogP contribution in [0.2, 0.25) is 0 Å². The summed E-state index contributed by atoms with van der Waals surface area (Å²) in [6, 6.07) is 10.5. The molecule has 1 heterocycles. The number of aryl methyl sites for hydroxylation is 3. The second-order valence-electron chi connectivity index (χ2n) is 8.74. The van der Waals surface area contributed by atoms with E-state index in [-0.39, 0.29) is 23.6 Å². The minimum absolute atomic E-state index is 0.0863. The first-order valence-corrected chi connectivity index (χ1v) is 13.1. The van der Waals surface area contributed by atoms with Crippen molar-refractivity contribution in [2.75, 3.05) is 7.11 Å². The highest BCUT2D eigenvalue weighted by atomic mass is 32.2. The molecule has 0 saturated heterocycles. The summed E-state index contributed by atoms with van der Waals surface area (Å²) in [5.41, 5.74) is 3.11. The number of hydrogen-bond donors (Lipinski definition) is 1. The van der Waals surface area contributed by atoms with E-state index in [1.54, 1.807) is 0 Å². The minimum atomic E-state index is -4.45. The number of carbonyl (C=O) groups excluding carboxylic acids is 2. The molecule has 0 radical (unpaired) electrons. The van der Waals surface area contributed by atoms with Gasteiger partial charge in [0.15, 0.2) is 5.78 Å². The largest absolute Gasteiger partial charge is 0.496 e. The summed E-state index contributed by atoms with van der Waals surface area (Å²) in [7, 11) is -3.07. The molecule has 0 aliphatic heterocycles. The predicted molar refractivity (Wildman–Crippen MR) is 140 cm³/mol. The van der Waals surface area contributed by atoms with Crippen LogP contribution in [0.4, 0.5) is 4.39 Å². The summed E-state index contributed by atoms with van der Waals surface area (Å²) in [5.74, 6) is -1.70. The standard InChI is InChI=1S/C28H25FN2O6S/c1-16-13-17(2)26(18(3)14-16)37-28-21(27(33)31-38(34,35)25-8-6-5-7-23(25)32)11-12-22(30-28)20-10-9-19(29)15-24(20)36-4/h5-6,8-15H,7H2,1-4H3,(H,31,33). The lowest BCUT2D eigenvalue weighted by molar-refractivity contribution is -0.114. The zero-order chi connectivity index (χ0) is 27.6. The predicted octanol–water partition coefficient (Wildman–Crippen LogP) is 5.09. The number of methoxy groups -OCH3 is 1. The van der Waals surface area contributed by atoms with Crippen LogP contribution in [0.15, 0.2) is 65.6 Å². The van der Waals surface area contributed by atoms with E-state index in [4.69, 9.17) is 9.47 Å². The normalized spacial score (nSPS) is 13.2. The molecule has 0 unspecified atom stereocenters. The molecule has 8 nitrogen and oxygen atoms in total. The van der Waals surface area contributed by atoms with Gasteiger partial charge < -0.3 is 9.47 Å². The smallest absolute Gasteiger partial charge is 0.270 e. The number of halogens is 1. The van der Waals surface area contributed by atoms with Crippen molar-refractivity contribution in [2.45, 2.75) is 27.2 Å². The molecule has 0 bridgehead atoms. The Bertz CT molecular complexity index is 1600. The van der Waals surface area contributed by atoms with Gasteiger partial charge in [-0.2, -0.15) is 0 Å². The number of nitrogens with zero attached hydrogens (tertiary/aromatic N) is 1. The highest BCUT2D eigenvalue weighted by Crippen LogP contribution is 2.35. The van der Waals surface area contributed by atoms with E-state index >= 15 is 0 Å². The monoisotopic (exact) mass is 536 g/mol. The van der Waals surface area contributed by atoms with Crippen LogP contribution in [0.25, 0.3) is 11.3 Å². The van der Waals surface area contributed by atoms with E-state index in [9.17, 15) is 22.4 Å². The summed E-state index contributed by atoms with van der Waals surface area (Å²) in [5, 5.41) is 0. The number of ether oxygens (including phenoxy) is 2. The van der Waals surface area contributed by atoms with Crippen LogP contribution >= 0.6 is 0 Å². The van der Waals surface area contributed by atoms with Crippen molar-refractivity contribution in [1.82, 2.24) is 9.71 Å². The van der Waals surface area contributed by atoms with Crippen molar-refractivity contribution in [2.24, 2.45) is 0 Å². The van der Waals surface area contributed by atoms with Gasteiger partial charge in [0.25, 0.3) is 15.9 Å². The van der Waals surface area contributed by atoms with Crippen LogP contribution in [0, 0.1) is 26.6 Å². The number of carbonyl (C=O) groups is 2. The molecule has 3 aromatic rings. The molecule has 10 heteroatoms. The van der Waals surface area contributed by atoms with Gasteiger partial charge in [0.05, 0.1) is 12.8 Å². The minimum Gasteiger partial charge on any atom is -0.496 e. The average molecular weight is 537 g/mol. The number of Topliss-reactive ketones (excluding diaryl/α,β-unsaturated/α-hetero) is 1. The molecule has 0 spiro atoms. The van der Waals surface area contributed by atoms with Crippen molar-refractivity contribution >= 4 is 21.7 Å². The van der Waals surface area contributed by atoms with E-state index < -0.39 is 32.4 Å². The van der Waals surface area contributed by atoms with Gasteiger partial charge in [0, 0.05) is 18.1 Å². The van der Waals surface area contributed by atoms with Crippen LogP contribution in [-0.2, 0) is 14.8 Å². The quantitative estimate of drug-likeness (QED) is 0.448. The molecule has 0 fully saturated rings. The number of benzene rings is 2. The third-order valence-corrected chi connectivity index (χ3v) is 7.22. The number of aromatic nitrogens is 1. The maximum absolute atomic E-state index is 13.8. The van der Waals surface area contributed by atoms with Crippen LogP contribution < -0.4 is 14.2 Å². The summed E-state index contributed by atoms with van der Waals surface area (Å²) < 4.78 is 52.8. The molecular formula is C28H25FN2O6S. The molecule has 1 aromatic heterocycles. The van der Waals surface area contributed by atoms with Crippen LogP contribution in [0.3, 0.4) is 0 Å². The lowest BCUT2D eigenvalue weighted by atomic mass is 10.1. The Morgan fingerprint density at radius 1 is 1.05 bits per heavy atom. The first-order chi connectivity index (χ1) is 18.0. The first-order valence-electron chi connectivity index (χ1n) is 11.6. The van der Waals surface area contributed by atoms with Gasteiger partial charge in [-0.25, -0.2) is 22.5 Å². The molecule has 1 amide bonds.